The highest BCUT2D eigenvalue weighted by atomic mass is 32.2. The summed E-state index contributed by atoms with van der Waals surface area (Å²) >= 11 is 4.10. The summed E-state index contributed by atoms with van der Waals surface area (Å²) in [5.74, 6) is -10.2. The maximum atomic E-state index is 14.7. The van der Waals surface area contributed by atoms with Crippen molar-refractivity contribution in [3.8, 4) is 44.5 Å². The largest absolute Gasteiger partial charge is 0.477 e. The number of carbonyl (C=O) groups excluding carboxylic acids is 3. The number of thiazole rings is 3. The number of aromatic nitrogens is 11. The van der Waals surface area contributed by atoms with Crippen LogP contribution in [0.3, 0.4) is 0 Å². The van der Waals surface area contributed by atoms with Gasteiger partial charge in [0.25, 0.3) is 40.0 Å². The van der Waals surface area contributed by atoms with Gasteiger partial charge in [0, 0.05) is 103 Å². The number of aromatic amines is 4. The number of carboxylic acid groups (broad SMARTS) is 1. The molecule has 20 rings (SSSR count). The number of aromatic carboxylic acids is 1. The molecule has 44 heteroatoms. The van der Waals surface area contributed by atoms with Crippen molar-refractivity contribution in [2.75, 3.05) is 18.8 Å². The number of hydrogen-bond donors (Lipinski definition) is 8. The molecule has 0 aliphatic rings. The van der Waals surface area contributed by atoms with Crippen LogP contribution >= 0.6 is 34.0 Å². The Kier molecular flexibility index (Phi) is 25.7. The van der Waals surface area contributed by atoms with E-state index in [4.69, 9.17) is 4.42 Å². The molecule has 0 spiro atoms. The van der Waals surface area contributed by atoms with Crippen molar-refractivity contribution in [2.24, 2.45) is 0 Å². The fourth-order valence-corrected chi connectivity index (χ4v) is 20.3. The average molecular weight is 2010 g/mol. The number of benzene rings is 8. The minimum atomic E-state index is -4.00. The van der Waals surface area contributed by atoms with E-state index in [0.717, 1.165) is 109 Å². The van der Waals surface area contributed by atoms with E-state index in [0.29, 0.717) is 72.2 Å². The fourth-order valence-electron chi connectivity index (χ4n) is 16.8. The van der Waals surface area contributed by atoms with Crippen molar-refractivity contribution < 1.29 is 89.1 Å². The van der Waals surface area contributed by atoms with Crippen LogP contribution in [0.25, 0.3) is 130 Å². The number of rotatable bonds is 20. The second-order valence-corrected chi connectivity index (χ2v) is 39.8. The molecule has 0 aliphatic heterocycles. The van der Waals surface area contributed by atoms with Gasteiger partial charge >= 0.3 is 5.97 Å². The fraction of sp³-hybridized carbons (Fsp3) is 0.105. The van der Waals surface area contributed by atoms with Gasteiger partial charge in [-0.3, -0.25) is 33.6 Å². The summed E-state index contributed by atoms with van der Waals surface area (Å²) in [4.78, 5) is 128. The number of fused-ring (bicyclic) bond motifs is 12. The summed E-state index contributed by atoms with van der Waals surface area (Å²) in [5.41, 5.74) is 6.04. The van der Waals surface area contributed by atoms with Gasteiger partial charge in [-0.15, -0.1) is 34.0 Å². The first-order valence-electron chi connectivity index (χ1n) is 41.2. The van der Waals surface area contributed by atoms with Gasteiger partial charge < -0.3 is 47.7 Å². The van der Waals surface area contributed by atoms with E-state index in [1.165, 1.54) is 113 Å². The summed E-state index contributed by atoms with van der Waals surface area (Å²) in [6, 6.07) is 38.3. The first-order valence-corrected chi connectivity index (χ1v) is 49.5. The Morgan fingerprint density at radius 1 is 0.403 bits per heavy atom. The van der Waals surface area contributed by atoms with Crippen LogP contribution in [-0.4, -0.2) is 126 Å². The van der Waals surface area contributed by atoms with Crippen LogP contribution in [0.2, 0.25) is 0 Å². The van der Waals surface area contributed by atoms with Crippen molar-refractivity contribution in [1.82, 2.24) is 67.3 Å². The van der Waals surface area contributed by atoms with E-state index in [1.807, 2.05) is 34.1 Å². The molecule has 0 atom stereocenters. The SMILES string of the molecule is CCc1coc2c1ccc1c2c(-c2ccc[nH]c2=O)c(C(=O)O)n1Cc1cc(F)ccc1F.CS(=O)(=O)NC(=O)c1c(-c2ccc[nH]c2=O)c2c3ncsc3ccc2n1Cc1cc(F)ccc1F.CS(=O)(=O)NC(=O)c1c(-c2ccc[nH]c2=O)c2c3ncsc3ccc2n1Cc1ccc(F)cc1F.Cc1nc2c(ccc3c2c(-c2ccc[nH]c2=O)c(C(=O)NS(C)(=O)=O)n3Cc2ccc(F)cc2F)s1. The van der Waals surface area contributed by atoms with E-state index in [1.54, 1.807) is 84.0 Å². The van der Waals surface area contributed by atoms with Crippen molar-refractivity contribution in [2.45, 2.75) is 46.4 Å². The smallest absolute Gasteiger partial charge is 0.353 e. The number of amides is 3. The molecule has 0 saturated carbocycles. The van der Waals surface area contributed by atoms with Gasteiger partial charge in [-0.25, -0.2) is 94.3 Å². The Bertz CT molecular complexity index is 9170. The molecule has 8 aromatic carbocycles. The Balaban J connectivity index is 0.000000128. The third kappa shape index (κ3) is 18.8. The van der Waals surface area contributed by atoms with Crippen molar-refractivity contribution in [1.29, 1.82) is 0 Å². The number of hydrogen-bond acceptors (Lipinski definition) is 21. The number of nitrogens with one attached hydrogen (secondary N) is 7. The summed E-state index contributed by atoms with van der Waals surface area (Å²) < 4.78 is 205. The van der Waals surface area contributed by atoms with Crippen molar-refractivity contribution in [3.05, 3.63) is 355 Å². The molecule has 706 valence electrons. The number of nitrogens with zero attached hydrogens (tertiary/aromatic N) is 7. The third-order valence-corrected chi connectivity index (χ3v) is 26.6. The maximum Gasteiger partial charge on any atom is 0.353 e. The van der Waals surface area contributed by atoms with Crippen LogP contribution in [0.4, 0.5) is 35.1 Å². The van der Waals surface area contributed by atoms with Gasteiger partial charge in [0.2, 0.25) is 30.1 Å². The van der Waals surface area contributed by atoms with Crippen LogP contribution in [0.15, 0.2) is 236 Å². The topological polar surface area (TPSA) is 430 Å². The molecule has 0 radical (unpaired) electrons. The van der Waals surface area contributed by atoms with Crippen LogP contribution in [-0.2, 0) is 62.7 Å². The van der Waals surface area contributed by atoms with Crippen LogP contribution in [0.1, 0.15) is 81.7 Å². The number of pyridine rings is 4. The average Bonchev–Trinajstić information content (AvgIpc) is 1.58. The Morgan fingerprint density at radius 2 is 0.741 bits per heavy atom. The quantitative estimate of drug-likeness (QED) is 0.0329. The van der Waals surface area contributed by atoms with E-state index in [2.05, 4.69) is 34.9 Å². The number of H-pyrrole nitrogens is 4. The van der Waals surface area contributed by atoms with Crippen LogP contribution < -0.4 is 36.4 Å². The van der Waals surface area contributed by atoms with Crippen molar-refractivity contribution >= 4 is 173 Å². The molecule has 8 N–H and O–H groups in total. The zero-order chi connectivity index (χ0) is 98.9. The molecule has 3 amide bonds. The lowest BCUT2D eigenvalue weighted by Gasteiger charge is -2.13. The van der Waals surface area contributed by atoms with Gasteiger partial charge in [0.05, 0.1) is 148 Å². The number of carbonyl (C=O) groups is 4. The number of halogens is 8. The first-order chi connectivity index (χ1) is 66.2. The zero-order valence-corrected chi connectivity index (χ0v) is 77.3. The predicted molar refractivity (Wildman–Crippen MR) is 511 cm³/mol. The van der Waals surface area contributed by atoms with Gasteiger partial charge in [-0.05, 0) is 165 Å². The highest BCUT2D eigenvalue weighted by Crippen LogP contribution is 2.46. The van der Waals surface area contributed by atoms with Gasteiger partial charge in [0.15, 0.2) is 0 Å². The van der Waals surface area contributed by atoms with Crippen molar-refractivity contribution in [3.63, 3.8) is 0 Å². The summed E-state index contributed by atoms with van der Waals surface area (Å²) in [6.07, 6.45) is 10.5. The number of carboxylic acids is 1. The molecule has 12 heterocycles. The summed E-state index contributed by atoms with van der Waals surface area (Å²) in [6.45, 7) is 2.74. The molecule has 0 fully saturated rings. The lowest BCUT2D eigenvalue weighted by molar-refractivity contribution is 0.0686. The number of aryl methyl sites for hydroxylation is 2. The monoisotopic (exact) mass is 2000 g/mol. The normalized spacial score (nSPS) is 11.8. The molecule has 20 aromatic rings. The number of furan rings is 1. The first kappa shape index (κ1) is 94.8. The second kappa shape index (κ2) is 37.6. The van der Waals surface area contributed by atoms with E-state index in [-0.39, 0.29) is 116 Å². The highest BCUT2D eigenvalue weighted by Gasteiger charge is 2.36. The Morgan fingerprint density at radius 3 is 1.11 bits per heavy atom. The molecule has 0 bridgehead atoms. The molecule has 139 heavy (non-hydrogen) atoms. The van der Waals surface area contributed by atoms with E-state index in [9.17, 15) is 104 Å². The van der Waals surface area contributed by atoms with Crippen LogP contribution in [0, 0.1) is 53.5 Å². The molecule has 12 aromatic heterocycles. The lowest BCUT2D eigenvalue weighted by atomic mass is 10.0. The molecular formula is C95H68F8N14O16S6. The maximum absolute atomic E-state index is 14.7. The Hall–Kier alpha value is -15.9. The molecule has 0 aliphatic carbocycles. The standard InChI is InChI=1S/C25H18F2N2O4.C24H18F2N4O4S2.2C23H16F2N4O4S2/c1-2-13-12-33-23-16(13)6-8-19-21(23)20(17-4-3-9-28-24(17)30)22(25(31)32)29(19)11-14-10-15(26)5-7-18(14)27;1-12-28-21-18(35-12)8-7-17-20(21)19(15-4-3-9-27-23(15)31)22(24(32)29-36(2,33)34)30(17)11-13-5-6-14(25)10-16(13)26;1-35(32,33)28-23(31)21-18(14-3-2-8-26-22(14)30)19-16(6-7-17-20(19)27-11-34-17)29(21)10-12-9-13(24)4-5-15(12)25;1-35(32,33)28-23(31)21-18(14-3-2-8-26-22(14)30)19-16(6-7-17-20(19)27-11-34-17)29(21)10-12-4-5-13(24)9-15(12)25/h3-10,12H,2,11H2,1H3,(H,28,30)(H,31,32);3-10H,11H2,1-2H3,(H,27,31)(H,29,32);2*2-9,11H,10H2,1H3,(H,26,30)(H,28,31). The van der Waals surface area contributed by atoms with Gasteiger partial charge in [0.1, 0.15) is 74.9 Å². The van der Waals surface area contributed by atoms with E-state index < -0.39 is 123 Å². The molecule has 0 unspecified atom stereocenters. The molecule has 30 nitrogen and oxygen atoms in total. The van der Waals surface area contributed by atoms with E-state index >= 15 is 0 Å². The predicted octanol–water partition coefficient (Wildman–Crippen LogP) is 16.5. The summed E-state index contributed by atoms with van der Waals surface area (Å²) in [5, 5.41) is 13.4. The minimum absolute atomic E-state index is 0.0169. The zero-order valence-electron chi connectivity index (χ0n) is 72.4. The molecule has 0 saturated heterocycles. The highest BCUT2D eigenvalue weighted by molar-refractivity contribution is 7.89. The molecular weight excluding hydrogens is 1940 g/mol. The minimum Gasteiger partial charge on any atom is -0.477 e. The second-order valence-electron chi connectivity index (χ2n) is 31.6. The summed E-state index contributed by atoms with van der Waals surface area (Å²) in [7, 11) is -12.0. The van der Waals surface area contributed by atoms with Gasteiger partial charge in [-0.1, -0.05) is 19.1 Å². The number of sulfonamides is 3. The third-order valence-electron chi connectivity index (χ3n) is 22.4. The van der Waals surface area contributed by atoms with Gasteiger partial charge in [-0.2, -0.15) is 0 Å². The Labute approximate surface area is 789 Å². The van der Waals surface area contributed by atoms with Crippen LogP contribution in [0.5, 0.6) is 0 Å². The lowest BCUT2D eigenvalue weighted by Crippen LogP contribution is -2.32.